The summed E-state index contributed by atoms with van der Waals surface area (Å²) in [4.78, 5) is 2.50. The Bertz CT molecular complexity index is 378. The van der Waals surface area contributed by atoms with Crippen molar-refractivity contribution in [2.24, 2.45) is 0 Å². The van der Waals surface area contributed by atoms with E-state index in [9.17, 15) is 0 Å². The fraction of sp³-hybridized carbons (Fsp3) is 0.571. The smallest absolute Gasteiger partial charge is 0.0471 e. The second-order valence-electron chi connectivity index (χ2n) is 4.70. The summed E-state index contributed by atoms with van der Waals surface area (Å²) < 4.78 is 0. The average Bonchev–Trinajstić information content (AvgIpc) is 2.80. The van der Waals surface area contributed by atoms with Gasteiger partial charge >= 0.3 is 0 Å². The van der Waals surface area contributed by atoms with Crippen molar-refractivity contribution in [1.82, 2.24) is 5.32 Å². The van der Waals surface area contributed by atoms with Crippen LogP contribution in [0.2, 0.25) is 5.02 Å². The third-order valence-corrected chi connectivity index (χ3v) is 3.94. The molecule has 1 unspecified atom stereocenters. The number of hydrogen-bond donors (Lipinski definition) is 1. The van der Waals surface area contributed by atoms with E-state index in [0.29, 0.717) is 6.04 Å². The van der Waals surface area contributed by atoms with Crippen molar-refractivity contribution in [3.8, 4) is 0 Å². The predicted molar refractivity (Wildman–Crippen MR) is 74.9 cm³/mol. The molecule has 0 bridgehead atoms. The molecule has 0 aromatic heterocycles. The quantitative estimate of drug-likeness (QED) is 0.883. The molecule has 0 saturated carbocycles. The van der Waals surface area contributed by atoms with Crippen LogP contribution in [0.15, 0.2) is 18.2 Å². The van der Waals surface area contributed by atoms with E-state index in [4.69, 9.17) is 11.6 Å². The van der Waals surface area contributed by atoms with E-state index < -0.39 is 0 Å². The number of nitrogens with zero attached hydrogens (tertiary/aromatic N) is 1. The average molecular weight is 253 g/mol. The molecule has 1 heterocycles. The Labute approximate surface area is 109 Å². The van der Waals surface area contributed by atoms with Gasteiger partial charge in [0.25, 0.3) is 0 Å². The van der Waals surface area contributed by atoms with Gasteiger partial charge in [-0.3, -0.25) is 0 Å². The zero-order valence-corrected chi connectivity index (χ0v) is 11.4. The molecule has 1 aliphatic rings. The lowest BCUT2D eigenvalue weighted by Crippen LogP contribution is -2.28. The van der Waals surface area contributed by atoms with Gasteiger partial charge in [0, 0.05) is 29.8 Å². The van der Waals surface area contributed by atoms with Crippen LogP contribution in [0.5, 0.6) is 0 Å². The first kappa shape index (κ1) is 12.7. The van der Waals surface area contributed by atoms with Crippen LogP contribution in [0.1, 0.15) is 31.7 Å². The minimum Gasteiger partial charge on any atom is -0.369 e. The normalized spacial score (nSPS) is 19.9. The van der Waals surface area contributed by atoms with Gasteiger partial charge < -0.3 is 10.2 Å². The largest absolute Gasteiger partial charge is 0.369 e. The zero-order chi connectivity index (χ0) is 12.3. The van der Waals surface area contributed by atoms with Gasteiger partial charge in [0.2, 0.25) is 0 Å². The molecular formula is C14H21ClN2. The topological polar surface area (TPSA) is 15.3 Å². The number of benzene rings is 1. The van der Waals surface area contributed by atoms with Crippen molar-refractivity contribution < 1.29 is 0 Å². The summed E-state index contributed by atoms with van der Waals surface area (Å²) in [7, 11) is 1.94. The predicted octanol–water partition coefficient (Wildman–Crippen LogP) is 3.44. The van der Waals surface area contributed by atoms with Crippen LogP contribution < -0.4 is 10.2 Å². The van der Waals surface area contributed by atoms with Crippen LogP contribution in [0.25, 0.3) is 0 Å². The van der Waals surface area contributed by atoms with E-state index in [1.54, 1.807) is 0 Å². The fourth-order valence-electron chi connectivity index (χ4n) is 2.65. The lowest BCUT2D eigenvalue weighted by molar-refractivity contribution is 0.645. The summed E-state index contributed by atoms with van der Waals surface area (Å²) in [6, 6.07) is 7.15. The summed E-state index contributed by atoms with van der Waals surface area (Å²) in [6.07, 6.45) is 3.83. The van der Waals surface area contributed by atoms with Gasteiger partial charge in [-0.2, -0.15) is 0 Å². The van der Waals surface area contributed by atoms with Crippen molar-refractivity contribution in [2.45, 2.75) is 38.8 Å². The number of anilines is 1. The van der Waals surface area contributed by atoms with E-state index in [0.717, 1.165) is 11.6 Å². The van der Waals surface area contributed by atoms with Crippen LogP contribution in [0.3, 0.4) is 0 Å². The second-order valence-corrected chi connectivity index (χ2v) is 5.11. The van der Waals surface area contributed by atoms with E-state index in [1.165, 1.54) is 37.1 Å². The Kier molecular flexibility index (Phi) is 4.30. The van der Waals surface area contributed by atoms with Gasteiger partial charge in [-0.05, 0) is 44.0 Å². The zero-order valence-electron chi connectivity index (χ0n) is 10.7. The Morgan fingerprint density at radius 3 is 2.94 bits per heavy atom. The van der Waals surface area contributed by atoms with Crippen molar-refractivity contribution in [1.29, 1.82) is 0 Å². The molecule has 0 aliphatic carbocycles. The van der Waals surface area contributed by atoms with Gasteiger partial charge in [0.1, 0.15) is 0 Å². The molecule has 2 nitrogen and oxygen atoms in total. The Hall–Kier alpha value is -0.730. The number of hydrogen-bond acceptors (Lipinski definition) is 2. The maximum atomic E-state index is 6.31. The molecule has 2 rings (SSSR count). The molecule has 1 atom stereocenters. The summed E-state index contributed by atoms with van der Waals surface area (Å²) in [5.41, 5.74) is 2.45. The number of halogens is 1. The summed E-state index contributed by atoms with van der Waals surface area (Å²) in [6.45, 7) is 4.26. The highest BCUT2D eigenvalue weighted by molar-refractivity contribution is 6.31. The molecule has 0 radical (unpaired) electrons. The fourth-order valence-corrected chi connectivity index (χ4v) is 2.89. The molecule has 1 N–H and O–H groups in total. The van der Waals surface area contributed by atoms with Crippen LogP contribution in [0.4, 0.5) is 5.69 Å². The van der Waals surface area contributed by atoms with Gasteiger partial charge in [-0.25, -0.2) is 0 Å². The van der Waals surface area contributed by atoms with E-state index >= 15 is 0 Å². The van der Waals surface area contributed by atoms with Gasteiger partial charge in [0.15, 0.2) is 0 Å². The number of nitrogens with one attached hydrogen (secondary N) is 1. The first-order valence-electron chi connectivity index (χ1n) is 6.46. The van der Waals surface area contributed by atoms with Crippen molar-refractivity contribution in [3.05, 3.63) is 28.8 Å². The van der Waals surface area contributed by atoms with Crippen molar-refractivity contribution in [3.63, 3.8) is 0 Å². The molecule has 1 fully saturated rings. The SMILES string of the molecule is CCC1CCCN1c1ccc(CNC)c(Cl)c1. The Balaban J connectivity index is 2.19. The lowest BCUT2D eigenvalue weighted by Gasteiger charge is -2.26. The van der Waals surface area contributed by atoms with Gasteiger partial charge in [0.05, 0.1) is 0 Å². The minimum absolute atomic E-state index is 0.696. The molecule has 0 amide bonds. The second kappa shape index (κ2) is 5.74. The maximum absolute atomic E-state index is 6.31. The first-order chi connectivity index (χ1) is 8.26. The van der Waals surface area contributed by atoms with Crippen LogP contribution >= 0.6 is 11.6 Å². The van der Waals surface area contributed by atoms with Crippen molar-refractivity contribution in [2.75, 3.05) is 18.5 Å². The number of rotatable bonds is 4. The molecule has 1 aromatic carbocycles. The van der Waals surface area contributed by atoms with Gasteiger partial charge in [-0.15, -0.1) is 0 Å². The van der Waals surface area contributed by atoms with Crippen molar-refractivity contribution >= 4 is 17.3 Å². The summed E-state index contributed by atoms with van der Waals surface area (Å²) in [5, 5.41) is 4.01. The highest BCUT2D eigenvalue weighted by atomic mass is 35.5. The van der Waals surface area contributed by atoms with E-state index in [-0.39, 0.29) is 0 Å². The summed E-state index contributed by atoms with van der Waals surface area (Å²) in [5.74, 6) is 0. The molecule has 1 aliphatic heterocycles. The standard InChI is InChI=1S/C14H21ClN2/c1-3-12-5-4-8-17(12)13-7-6-11(10-16-2)14(15)9-13/h6-7,9,12,16H,3-5,8,10H2,1-2H3. The van der Waals surface area contributed by atoms with Crippen LogP contribution in [0, 0.1) is 0 Å². The molecule has 1 aromatic rings. The lowest BCUT2D eigenvalue weighted by atomic mass is 10.1. The molecule has 0 spiro atoms. The van der Waals surface area contributed by atoms with Crippen LogP contribution in [-0.4, -0.2) is 19.6 Å². The first-order valence-corrected chi connectivity index (χ1v) is 6.83. The van der Waals surface area contributed by atoms with Gasteiger partial charge in [-0.1, -0.05) is 24.6 Å². The Morgan fingerprint density at radius 1 is 1.47 bits per heavy atom. The minimum atomic E-state index is 0.696. The highest BCUT2D eigenvalue weighted by Gasteiger charge is 2.23. The molecule has 17 heavy (non-hydrogen) atoms. The highest BCUT2D eigenvalue weighted by Crippen LogP contribution is 2.30. The molecule has 1 saturated heterocycles. The van der Waals surface area contributed by atoms with Crippen LogP contribution in [-0.2, 0) is 6.54 Å². The third kappa shape index (κ3) is 2.75. The summed E-state index contributed by atoms with van der Waals surface area (Å²) >= 11 is 6.31. The third-order valence-electron chi connectivity index (χ3n) is 3.58. The maximum Gasteiger partial charge on any atom is 0.0471 e. The monoisotopic (exact) mass is 252 g/mol. The molecule has 3 heteroatoms. The molecule has 94 valence electrons. The van der Waals surface area contributed by atoms with E-state index in [1.807, 2.05) is 7.05 Å². The van der Waals surface area contributed by atoms with E-state index in [2.05, 4.69) is 35.3 Å². The Morgan fingerprint density at radius 2 is 2.29 bits per heavy atom. The molecular weight excluding hydrogens is 232 g/mol.